The SMILES string of the molecule is CCOC(C(=O)OC)S(=O)(=O)c1ccccc1. The molecule has 0 saturated heterocycles. The second kappa shape index (κ2) is 5.79. The van der Waals surface area contributed by atoms with Gasteiger partial charge in [0.25, 0.3) is 5.44 Å². The van der Waals surface area contributed by atoms with Crippen molar-refractivity contribution in [2.45, 2.75) is 17.3 Å². The molecule has 0 bridgehead atoms. The van der Waals surface area contributed by atoms with E-state index in [4.69, 9.17) is 4.74 Å². The average Bonchev–Trinajstić information content (AvgIpc) is 2.36. The van der Waals surface area contributed by atoms with Gasteiger partial charge in [-0.05, 0) is 19.1 Å². The van der Waals surface area contributed by atoms with E-state index >= 15 is 0 Å². The van der Waals surface area contributed by atoms with Crippen molar-refractivity contribution in [3.05, 3.63) is 30.3 Å². The number of esters is 1. The first-order chi connectivity index (χ1) is 8.04. The van der Waals surface area contributed by atoms with Crippen molar-refractivity contribution in [2.75, 3.05) is 13.7 Å². The molecule has 6 heteroatoms. The molecule has 0 aliphatic carbocycles. The number of carbonyl (C=O) groups is 1. The Labute approximate surface area is 100 Å². The molecule has 0 aromatic heterocycles. The molecule has 0 aliphatic rings. The van der Waals surface area contributed by atoms with Crippen molar-refractivity contribution in [3.8, 4) is 0 Å². The zero-order valence-corrected chi connectivity index (χ0v) is 10.4. The van der Waals surface area contributed by atoms with Crippen molar-refractivity contribution in [1.29, 1.82) is 0 Å². The summed E-state index contributed by atoms with van der Waals surface area (Å²) in [5.74, 6) is -0.921. The number of sulfone groups is 1. The fourth-order valence-corrected chi connectivity index (χ4v) is 2.71. The van der Waals surface area contributed by atoms with E-state index in [-0.39, 0.29) is 11.5 Å². The van der Waals surface area contributed by atoms with Gasteiger partial charge in [0, 0.05) is 6.61 Å². The fourth-order valence-electron chi connectivity index (χ4n) is 1.27. The van der Waals surface area contributed by atoms with Crippen LogP contribution in [0.4, 0.5) is 0 Å². The van der Waals surface area contributed by atoms with E-state index in [1.807, 2.05) is 0 Å². The first kappa shape index (κ1) is 13.7. The Morgan fingerprint density at radius 3 is 2.35 bits per heavy atom. The lowest BCUT2D eigenvalue weighted by molar-refractivity contribution is -0.148. The number of ether oxygens (including phenoxy) is 2. The summed E-state index contributed by atoms with van der Waals surface area (Å²) < 4.78 is 33.6. The third-order valence-electron chi connectivity index (χ3n) is 2.07. The molecule has 1 aromatic rings. The maximum atomic E-state index is 12.1. The Kier molecular flexibility index (Phi) is 4.65. The summed E-state index contributed by atoms with van der Waals surface area (Å²) in [5, 5.41) is 0. The maximum absolute atomic E-state index is 12.1. The summed E-state index contributed by atoms with van der Waals surface area (Å²) in [7, 11) is -2.75. The van der Waals surface area contributed by atoms with Crippen LogP contribution in [0.5, 0.6) is 0 Å². The van der Waals surface area contributed by atoms with Crippen LogP contribution in [0.3, 0.4) is 0 Å². The van der Waals surface area contributed by atoms with Crippen molar-refractivity contribution in [1.82, 2.24) is 0 Å². The lowest BCUT2D eigenvalue weighted by Crippen LogP contribution is -2.34. The Morgan fingerprint density at radius 2 is 1.88 bits per heavy atom. The van der Waals surface area contributed by atoms with Gasteiger partial charge in [0.15, 0.2) is 0 Å². The molecule has 0 amide bonds. The lowest BCUT2D eigenvalue weighted by atomic mass is 10.4. The molecule has 0 fully saturated rings. The molecular formula is C11H14O5S. The number of rotatable bonds is 5. The van der Waals surface area contributed by atoms with Gasteiger partial charge in [-0.3, -0.25) is 0 Å². The summed E-state index contributed by atoms with van der Waals surface area (Å²) in [6, 6.07) is 7.65. The van der Waals surface area contributed by atoms with Crippen LogP contribution >= 0.6 is 0 Å². The van der Waals surface area contributed by atoms with Gasteiger partial charge in [-0.15, -0.1) is 0 Å². The number of methoxy groups -OCH3 is 1. The normalized spacial score (nSPS) is 13.1. The highest BCUT2D eigenvalue weighted by Gasteiger charge is 2.35. The predicted molar refractivity (Wildman–Crippen MR) is 61.1 cm³/mol. The van der Waals surface area contributed by atoms with E-state index in [9.17, 15) is 13.2 Å². The van der Waals surface area contributed by atoms with Gasteiger partial charge in [-0.1, -0.05) is 18.2 Å². The highest BCUT2D eigenvalue weighted by Crippen LogP contribution is 2.17. The summed E-state index contributed by atoms with van der Waals surface area (Å²) in [6.07, 6.45) is 0. The predicted octanol–water partition coefficient (Wildman–Crippen LogP) is 0.996. The molecule has 94 valence electrons. The van der Waals surface area contributed by atoms with Crippen LogP contribution in [0, 0.1) is 0 Å². The maximum Gasteiger partial charge on any atom is 0.351 e. The van der Waals surface area contributed by atoms with Crippen LogP contribution in [0.1, 0.15) is 6.92 Å². The third-order valence-corrected chi connectivity index (χ3v) is 3.89. The Morgan fingerprint density at radius 1 is 1.29 bits per heavy atom. The van der Waals surface area contributed by atoms with E-state index in [1.165, 1.54) is 12.1 Å². The summed E-state index contributed by atoms with van der Waals surface area (Å²) in [4.78, 5) is 11.4. The van der Waals surface area contributed by atoms with Gasteiger partial charge in [-0.2, -0.15) is 0 Å². The lowest BCUT2D eigenvalue weighted by Gasteiger charge is -2.15. The Balaban J connectivity index is 3.14. The highest BCUT2D eigenvalue weighted by atomic mass is 32.2. The van der Waals surface area contributed by atoms with Crippen LogP contribution in [0.15, 0.2) is 35.2 Å². The van der Waals surface area contributed by atoms with Crippen LogP contribution in [-0.4, -0.2) is 33.5 Å². The molecular weight excluding hydrogens is 244 g/mol. The van der Waals surface area contributed by atoms with Gasteiger partial charge >= 0.3 is 5.97 Å². The second-order valence-corrected chi connectivity index (χ2v) is 5.16. The summed E-state index contributed by atoms with van der Waals surface area (Å²) in [5.41, 5.74) is -1.61. The molecule has 0 saturated carbocycles. The molecule has 5 nitrogen and oxygen atoms in total. The average molecular weight is 258 g/mol. The van der Waals surface area contributed by atoms with Crippen molar-refractivity contribution >= 4 is 15.8 Å². The molecule has 0 spiro atoms. The van der Waals surface area contributed by atoms with Gasteiger partial charge in [0.1, 0.15) is 0 Å². The third kappa shape index (κ3) is 3.04. The van der Waals surface area contributed by atoms with Gasteiger partial charge < -0.3 is 9.47 Å². The molecule has 1 atom stereocenters. The number of benzene rings is 1. The topological polar surface area (TPSA) is 69.7 Å². The minimum Gasteiger partial charge on any atom is -0.466 e. The van der Waals surface area contributed by atoms with Crippen LogP contribution in [0.2, 0.25) is 0 Å². The van der Waals surface area contributed by atoms with Crippen LogP contribution in [0.25, 0.3) is 0 Å². The molecule has 0 aliphatic heterocycles. The Hall–Kier alpha value is -1.40. The molecule has 17 heavy (non-hydrogen) atoms. The van der Waals surface area contributed by atoms with Gasteiger partial charge in [-0.25, -0.2) is 13.2 Å². The van der Waals surface area contributed by atoms with E-state index in [2.05, 4.69) is 4.74 Å². The first-order valence-electron chi connectivity index (χ1n) is 5.02. The molecule has 1 aromatic carbocycles. The molecule has 0 radical (unpaired) electrons. The van der Waals surface area contributed by atoms with Gasteiger partial charge in [0.2, 0.25) is 9.84 Å². The number of hydrogen-bond donors (Lipinski definition) is 0. The number of hydrogen-bond acceptors (Lipinski definition) is 5. The van der Waals surface area contributed by atoms with E-state index in [1.54, 1.807) is 25.1 Å². The first-order valence-corrected chi connectivity index (χ1v) is 6.57. The quantitative estimate of drug-likeness (QED) is 0.737. The van der Waals surface area contributed by atoms with Crippen LogP contribution in [-0.2, 0) is 24.1 Å². The monoisotopic (exact) mass is 258 g/mol. The molecule has 1 unspecified atom stereocenters. The van der Waals surface area contributed by atoms with Gasteiger partial charge in [0.05, 0.1) is 12.0 Å². The molecule has 0 heterocycles. The smallest absolute Gasteiger partial charge is 0.351 e. The largest absolute Gasteiger partial charge is 0.466 e. The second-order valence-electron chi connectivity index (χ2n) is 3.17. The zero-order chi connectivity index (χ0) is 12.9. The number of carbonyl (C=O) groups excluding carboxylic acids is 1. The minimum absolute atomic E-state index is 0.0313. The van der Waals surface area contributed by atoms with Crippen molar-refractivity contribution in [3.63, 3.8) is 0 Å². The minimum atomic E-state index is -3.87. The van der Waals surface area contributed by atoms with Crippen molar-refractivity contribution in [2.24, 2.45) is 0 Å². The summed E-state index contributed by atoms with van der Waals surface area (Å²) in [6.45, 7) is 1.71. The van der Waals surface area contributed by atoms with E-state index < -0.39 is 21.2 Å². The van der Waals surface area contributed by atoms with E-state index in [0.29, 0.717) is 0 Å². The Bertz CT molecular complexity index is 466. The highest BCUT2D eigenvalue weighted by molar-refractivity contribution is 7.92. The van der Waals surface area contributed by atoms with Crippen LogP contribution < -0.4 is 0 Å². The zero-order valence-electron chi connectivity index (χ0n) is 9.62. The molecule has 1 rings (SSSR count). The summed E-state index contributed by atoms with van der Waals surface area (Å²) >= 11 is 0. The molecule has 0 N–H and O–H groups in total. The standard InChI is InChI=1S/C11H14O5S/c1-3-16-11(10(12)15-2)17(13,14)9-7-5-4-6-8-9/h4-8,11H,3H2,1-2H3. The fraction of sp³-hybridized carbons (Fsp3) is 0.364. The van der Waals surface area contributed by atoms with Crippen molar-refractivity contribution < 1.29 is 22.7 Å². The van der Waals surface area contributed by atoms with E-state index in [0.717, 1.165) is 7.11 Å².